The number of piperidine rings is 1. The van der Waals surface area contributed by atoms with E-state index in [9.17, 15) is 9.59 Å². The summed E-state index contributed by atoms with van der Waals surface area (Å²) >= 11 is 0. The van der Waals surface area contributed by atoms with Crippen molar-refractivity contribution in [1.82, 2.24) is 15.5 Å². The van der Waals surface area contributed by atoms with Crippen LogP contribution in [0.3, 0.4) is 0 Å². The van der Waals surface area contributed by atoms with Crippen molar-refractivity contribution >= 4 is 24.3 Å². The number of nitrogens with one attached hydrogen (secondary N) is 2. The van der Waals surface area contributed by atoms with E-state index >= 15 is 0 Å². The first-order valence-electron chi connectivity index (χ1n) is 7.12. The molecule has 3 amide bonds. The van der Waals surface area contributed by atoms with Crippen LogP contribution in [0.15, 0.2) is 0 Å². The fraction of sp³-hybridized carbons (Fsp3) is 0.846. The Morgan fingerprint density at radius 2 is 2.10 bits per heavy atom. The summed E-state index contributed by atoms with van der Waals surface area (Å²) in [5, 5.41) is 4.97. The fourth-order valence-electron chi connectivity index (χ4n) is 2.44. The van der Waals surface area contributed by atoms with Crippen LogP contribution < -0.4 is 16.4 Å². The lowest BCUT2D eigenvalue weighted by molar-refractivity contribution is -0.122. The Labute approximate surface area is 127 Å². The van der Waals surface area contributed by atoms with Crippen molar-refractivity contribution in [3.8, 4) is 0 Å². The van der Waals surface area contributed by atoms with E-state index in [1.165, 1.54) is 0 Å². The average molecular weight is 307 g/mol. The molecule has 0 spiro atoms. The van der Waals surface area contributed by atoms with Gasteiger partial charge in [0.25, 0.3) is 0 Å². The van der Waals surface area contributed by atoms with Gasteiger partial charge < -0.3 is 11.1 Å². The minimum atomic E-state index is -0.416. The molecule has 0 radical (unpaired) electrons. The molecule has 4 N–H and O–H groups in total. The smallest absolute Gasteiger partial charge is 0.321 e. The van der Waals surface area contributed by atoms with Gasteiger partial charge in [-0.3, -0.25) is 15.0 Å². The van der Waals surface area contributed by atoms with Crippen LogP contribution in [0.5, 0.6) is 0 Å². The van der Waals surface area contributed by atoms with E-state index in [4.69, 9.17) is 5.73 Å². The number of likely N-dealkylation sites (tertiary alicyclic amines) is 1. The lowest BCUT2D eigenvalue weighted by Gasteiger charge is -2.37. The van der Waals surface area contributed by atoms with E-state index in [1.54, 1.807) is 0 Å². The largest absolute Gasteiger partial charge is 0.338 e. The number of hydrogen-bond donors (Lipinski definition) is 3. The highest BCUT2D eigenvalue weighted by Crippen LogP contribution is 2.18. The third-order valence-electron chi connectivity index (χ3n) is 3.41. The Hall–Kier alpha value is -0.850. The van der Waals surface area contributed by atoms with Crippen LogP contribution in [0.25, 0.3) is 0 Å². The van der Waals surface area contributed by atoms with Crippen LogP contribution in [-0.2, 0) is 4.79 Å². The van der Waals surface area contributed by atoms with Gasteiger partial charge in [0.1, 0.15) is 0 Å². The Morgan fingerprint density at radius 3 is 2.70 bits per heavy atom. The summed E-state index contributed by atoms with van der Waals surface area (Å²) in [5.41, 5.74) is 5.95. The van der Waals surface area contributed by atoms with Crippen molar-refractivity contribution < 1.29 is 9.59 Å². The van der Waals surface area contributed by atoms with Gasteiger partial charge >= 0.3 is 6.03 Å². The monoisotopic (exact) mass is 306 g/mol. The molecule has 1 rings (SSSR count). The van der Waals surface area contributed by atoms with Crippen molar-refractivity contribution in [2.45, 2.75) is 51.6 Å². The third kappa shape index (κ3) is 6.54. The molecule has 0 aromatic rings. The number of amides is 3. The van der Waals surface area contributed by atoms with Crippen LogP contribution in [0, 0.1) is 0 Å². The first-order chi connectivity index (χ1) is 9.04. The molecule has 6 nitrogen and oxygen atoms in total. The second-order valence-electron chi connectivity index (χ2n) is 5.20. The zero-order valence-electron chi connectivity index (χ0n) is 12.4. The van der Waals surface area contributed by atoms with Crippen LogP contribution in [-0.4, -0.2) is 48.6 Å². The predicted molar refractivity (Wildman–Crippen MR) is 81.9 cm³/mol. The number of rotatable bonds is 5. The van der Waals surface area contributed by atoms with E-state index in [0.29, 0.717) is 6.54 Å². The Kier molecular flexibility index (Phi) is 9.54. The van der Waals surface area contributed by atoms with E-state index in [2.05, 4.69) is 15.5 Å². The quantitative estimate of drug-likeness (QED) is 0.702. The van der Waals surface area contributed by atoms with Crippen LogP contribution in [0.4, 0.5) is 4.79 Å². The molecule has 20 heavy (non-hydrogen) atoms. The molecule has 1 fully saturated rings. The highest BCUT2D eigenvalue weighted by Gasteiger charge is 2.27. The number of urea groups is 1. The minimum Gasteiger partial charge on any atom is -0.338 e. The second-order valence-corrected chi connectivity index (χ2v) is 5.20. The minimum absolute atomic E-state index is 0. The Bertz CT molecular complexity index is 313. The molecule has 0 bridgehead atoms. The van der Waals surface area contributed by atoms with Gasteiger partial charge in [0.05, 0.1) is 6.54 Å². The summed E-state index contributed by atoms with van der Waals surface area (Å²) in [6.07, 6.45) is 4.10. The Balaban J connectivity index is 0.00000361. The van der Waals surface area contributed by atoms with Gasteiger partial charge in [-0.05, 0) is 32.7 Å². The first kappa shape index (κ1) is 19.1. The number of hydrogen-bond acceptors (Lipinski definition) is 4. The van der Waals surface area contributed by atoms with E-state index < -0.39 is 6.03 Å². The molecule has 118 valence electrons. The molecule has 0 aliphatic carbocycles. The second kappa shape index (κ2) is 9.96. The summed E-state index contributed by atoms with van der Waals surface area (Å²) < 4.78 is 0. The molecule has 1 aliphatic heterocycles. The maximum Gasteiger partial charge on any atom is 0.321 e. The highest BCUT2D eigenvalue weighted by molar-refractivity contribution is 5.95. The number of imide groups is 1. The lowest BCUT2D eigenvalue weighted by atomic mass is 9.97. The van der Waals surface area contributed by atoms with Crippen molar-refractivity contribution in [2.24, 2.45) is 5.73 Å². The molecule has 1 saturated heterocycles. The van der Waals surface area contributed by atoms with Crippen LogP contribution in [0.2, 0.25) is 0 Å². The molecule has 7 heteroatoms. The fourth-order valence-corrected chi connectivity index (χ4v) is 2.44. The number of nitrogens with two attached hydrogens (primary N) is 1. The van der Waals surface area contributed by atoms with Crippen LogP contribution >= 0.6 is 12.4 Å². The molecule has 0 aromatic heterocycles. The van der Waals surface area contributed by atoms with Gasteiger partial charge in [0.15, 0.2) is 0 Å². The first-order valence-corrected chi connectivity index (χ1v) is 7.12. The molecule has 0 aromatic carbocycles. The summed E-state index contributed by atoms with van der Waals surface area (Å²) in [6.45, 7) is 5.62. The van der Waals surface area contributed by atoms with E-state index in [0.717, 1.165) is 32.2 Å². The van der Waals surface area contributed by atoms with Gasteiger partial charge in [0.2, 0.25) is 5.91 Å². The summed E-state index contributed by atoms with van der Waals surface area (Å²) in [5.74, 6) is -0.263. The predicted octanol–water partition coefficient (Wildman–Crippen LogP) is 0.846. The normalized spacial score (nSPS) is 20.6. The van der Waals surface area contributed by atoms with Crippen molar-refractivity contribution in [3.63, 3.8) is 0 Å². The number of carbonyl (C=O) groups is 2. The zero-order valence-corrected chi connectivity index (χ0v) is 13.2. The van der Waals surface area contributed by atoms with Gasteiger partial charge in [-0.2, -0.15) is 0 Å². The number of nitrogens with zero attached hydrogens (tertiary/aromatic N) is 1. The van der Waals surface area contributed by atoms with E-state index in [1.807, 2.05) is 13.8 Å². The van der Waals surface area contributed by atoms with Gasteiger partial charge in [-0.15, -0.1) is 12.4 Å². The average Bonchev–Trinajstić information content (AvgIpc) is 2.36. The van der Waals surface area contributed by atoms with Gasteiger partial charge in [-0.1, -0.05) is 13.3 Å². The van der Waals surface area contributed by atoms with E-state index in [-0.39, 0.29) is 36.9 Å². The highest BCUT2D eigenvalue weighted by atomic mass is 35.5. The van der Waals surface area contributed by atoms with Crippen molar-refractivity contribution in [2.75, 3.05) is 19.6 Å². The molecule has 1 aliphatic rings. The maximum atomic E-state index is 11.8. The molecular formula is C13H27ClN4O2. The molecule has 1 heterocycles. The molecule has 2 atom stereocenters. The Morgan fingerprint density at radius 1 is 1.40 bits per heavy atom. The SMILES string of the molecule is CCCNC(=O)NC(=O)CN1CCCCC1C(C)N.Cl. The molecule has 0 saturated carbocycles. The van der Waals surface area contributed by atoms with Gasteiger partial charge in [-0.25, -0.2) is 4.79 Å². The maximum absolute atomic E-state index is 11.8. The topological polar surface area (TPSA) is 87.5 Å². The van der Waals surface area contributed by atoms with Gasteiger partial charge in [0, 0.05) is 18.6 Å². The number of carbonyl (C=O) groups excluding carboxylic acids is 2. The molecular weight excluding hydrogens is 280 g/mol. The molecule has 2 unspecified atom stereocenters. The standard InChI is InChI=1S/C13H26N4O2.ClH/c1-3-7-15-13(19)16-12(18)9-17-8-5-4-6-11(17)10(2)14;/h10-11H,3-9,14H2,1-2H3,(H2,15,16,18,19);1H. The summed E-state index contributed by atoms with van der Waals surface area (Å²) in [7, 11) is 0. The lowest BCUT2D eigenvalue weighted by Crippen LogP contribution is -2.53. The van der Waals surface area contributed by atoms with Crippen LogP contribution in [0.1, 0.15) is 39.5 Å². The van der Waals surface area contributed by atoms with Crippen molar-refractivity contribution in [1.29, 1.82) is 0 Å². The zero-order chi connectivity index (χ0) is 14.3. The van der Waals surface area contributed by atoms with Crippen molar-refractivity contribution in [3.05, 3.63) is 0 Å². The summed E-state index contributed by atoms with van der Waals surface area (Å²) in [4.78, 5) is 25.3. The number of halogens is 1. The third-order valence-corrected chi connectivity index (χ3v) is 3.41. The summed E-state index contributed by atoms with van der Waals surface area (Å²) in [6, 6.07) is -0.138.